The van der Waals surface area contributed by atoms with E-state index >= 15 is 0 Å². The van der Waals surface area contributed by atoms with Crippen LogP contribution in [0.3, 0.4) is 0 Å². The zero-order valence-corrected chi connectivity index (χ0v) is 15.0. The molecule has 0 radical (unpaired) electrons. The van der Waals surface area contributed by atoms with E-state index in [9.17, 15) is 5.26 Å². The van der Waals surface area contributed by atoms with Crippen molar-refractivity contribution < 1.29 is 4.52 Å². The van der Waals surface area contributed by atoms with Crippen molar-refractivity contribution >= 4 is 23.1 Å². The maximum absolute atomic E-state index is 9.33. The molecule has 2 N–H and O–H groups in total. The quantitative estimate of drug-likeness (QED) is 0.522. The second-order valence-electron chi connectivity index (χ2n) is 6.06. The fourth-order valence-corrected chi connectivity index (χ4v) is 2.68. The first-order valence-corrected chi connectivity index (χ1v) is 8.62. The highest BCUT2D eigenvalue weighted by molar-refractivity contribution is 5.69. The van der Waals surface area contributed by atoms with Crippen LogP contribution in [-0.2, 0) is 0 Å². The van der Waals surface area contributed by atoms with Crippen LogP contribution in [0.25, 0.3) is 11.4 Å². The van der Waals surface area contributed by atoms with Gasteiger partial charge in [0, 0.05) is 17.7 Å². The van der Waals surface area contributed by atoms with Gasteiger partial charge >= 0.3 is 0 Å². The molecule has 0 saturated carbocycles. The summed E-state index contributed by atoms with van der Waals surface area (Å²) in [5.74, 6) is 2.90. The molecule has 28 heavy (non-hydrogen) atoms. The predicted molar refractivity (Wildman–Crippen MR) is 106 cm³/mol. The second-order valence-corrected chi connectivity index (χ2v) is 6.06. The van der Waals surface area contributed by atoms with Gasteiger partial charge in [-0.3, -0.25) is 0 Å². The van der Waals surface area contributed by atoms with Gasteiger partial charge in [-0.2, -0.15) is 5.26 Å². The van der Waals surface area contributed by atoms with Gasteiger partial charge in [-0.25, -0.2) is 9.97 Å². The van der Waals surface area contributed by atoms with Crippen molar-refractivity contribution in [1.82, 2.24) is 15.1 Å². The summed E-state index contributed by atoms with van der Waals surface area (Å²) in [7, 11) is 0. The predicted octanol–water partition coefficient (Wildman–Crippen LogP) is 4.80. The fourth-order valence-electron chi connectivity index (χ4n) is 2.68. The van der Waals surface area contributed by atoms with E-state index in [4.69, 9.17) is 4.52 Å². The van der Waals surface area contributed by atoms with Crippen molar-refractivity contribution in [3.8, 4) is 17.5 Å². The van der Waals surface area contributed by atoms with Gasteiger partial charge in [0.2, 0.25) is 0 Å². The molecule has 2 aromatic carbocycles. The first-order chi connectivity index (χ1) is 13.7. The molecule has 136 valence electrons. The highest BCUT2D eigenvalue weighted by atomic mass is 16.5. The van der Waals surface area contributed by atoms with Crippen LogP contribution < -0.4 is 10.6 Å². The van der Waals surface area contributed by atoms with Gasteiger partial charge in [0.15, 0.2) is 11.6 Å². The number of aryl methyl sites for hydroxylation is 1. The van der Waals surface area contributed by atoms with Crippen LogP contribution in [0.5, 0.6) is 0 Å². The third kappa shape index (κ3) is 3.81. The highest BCUT2D eigenvalue weighted by Crippen LogP contribution is 2.25. The monoisotopic (exact) mass is 368 g/mol. The number of nitrogens with zero attached hydrogens (tertiary/aromatic N) is 4. The van der Waals surface area contributed by atoms with E-state index in [-0.39, 0.29) is 0 Å². The van der Waals surface area contributed by atoms with Crippen molar-refractivity contribution in [3.63, 3.8) is 0 Å². The summed E-state index contributed by atoms with van der Waals surface area (Å²) in [5.41, 5.74) is 2.08. The Balaban J connectivity index is 1.74. The molecule has 0 unspecified atom stereocenters. The lowest BCUT2D eigenvalue weighted by Crippen LogP contribution is -2.02. The van der Waals surface area contributed by atoms with Crippen molar-refractivity contribution in [2.24, 2.45) is 0 Å². The molecular weight excluding hydrogens is 352 g/mol. The summed E-state index contributed by atoms with van der Waals surface area (Å²) >= 11 is 0. The molecule has 0 aliphatic carbocycles. The molecule has 0 aliphatic heterocycles. The van der Waals surface area contributed by atoms with Crippen molar-refractivity contribution in [3.05, 3.63) is 78.1 Å². The number of nitrogens with one attached hydrogen (secondary N) is 2. The number of aromatic nitrogens is 3. The molecule has 0 amide bonds. The lowest BCUT2D eigenvalue weighted by Gasteiger charge is -2.11. The first kappa shape index (κ1) is 17.2. The minimum atomic E-state index is 0.531. The molecule has 4 rings (SSSR count). The van der Waals surface area contributed by atoms with E-state index in [0.29, 0.717) is 40.3 Å². The Hall–Kier alpha value is -4.18. The lowest BCUT2D eigenvalue weighted by atomic mass is 10.2. The Morgan fingerprint density at radius 2 is 1.57 bits per heavy atom. The van der Waals surface area contributed by atoms with Crippen LogP contribution in [0.2, 0.25) is 0 Å². The molecule has 0 fully saturated rings. The zero-order chi connectivity index (χ0) is 19.3. The van der Waals surface area contributed by atoms with E-state index in [1.54, 1.807) is 18.2 Å². The van der Waals surface area contributed by atoms with Gasteiger partial charge < -0.3 is 15.2 Å². The maximum Gasteiger partial charge on any atom is 0.175 e. The van der Waals surface area contributed by atoms with Crippen molar-refractivity contribution in [2.75, 3.05) is 10.6 Å². The van der Waals surface area contributed by atoms with E-state index in [2.05, 4.69) is 31.8 Å². The number of hydrogen-bond acceptors (Lipinski definition) is 7. The van der Waals surface area contributed by atoms with Crippen LogP contribution in [0, 0.1) is 18.3 Å². The summed E-state index contributed by atoms with van der Waals surface area (Å²) in [6, 6.07) is 22.6. The zero-order valence-electron chi connectivity index (χ0n) is 15.0. The molecular formula is C21H16N6O. The molecule has 4 aromatic rings. The summed E-state index contributed by atoms with van der Waals surface area (Å²) in [6.07, 6.45) is 0. The van der Waals surface area contributed by atoms with Gasteiger partial charge in [0.05, 0.1) is 11.3 Å². The van der Waals surface area contributed by atoms with Crippen LogP contribution >= 0.6 is 0 Å². The van der Waals surface area contributed by atoms with Crippen molar-refractivity contribution in [2.45, 2.75) is 6.92 Å². The summed E-state index contributed by atoms with van der Waals surface area (Å²) in [4.78, 5) is 9.19. The van der Waals surface area contributed by atoms with Gasteiger partial charge in [-0.05, 0) is 19.1 Å². The minimum absolute atomic E-state index is 0.531. The molecule has 2 aromatic heterocycles. The van der Waals surface area contributed by atoms with E-state index in [0.717, 1.165) is 5.56 Å². The average Bonchev–Trinajstić information content (AvgIpc) is 3.13. The summed E-state index contributed by atoms with van der Waals surface area (Å²) in [5, 5.41) is 19.6. The Bertz CT molecular complexity index is 1150. The minimum Gasteiger partial charge on any atom is -0.360 e. The normalized spacial score (nSPS) is 10.3. The van der Waals surface area contributed by atoms with Crippen LogP contribution in [0.1, 0.15) is 11.3 Å². The fraction of sp³-hybridized carbons (Fsp3) is 0.0476. The standard InChI is InChI=1S/C21H16N6O/c1-14-11-20(27-28-14)24-19-12-18(23-17-10-6-5-9-16(17)13-22)25-21(26-19)15-7-3-2-4-8-15/h2-12H,1H3,(H2,23,24,25,26,27). The first-order valence-electron chi connectivity index (χ1n) is 8.62. The SMILES string of the molecule is Cc1cc(Nc2cc(Nc3ccccc3C#N)nc(-c3ccccc3)n2)no1. The maximum atomic E-state index is 9.33. The third-order valence-electron chi connectivity index (χ3n) is 3.95. The number of nitriles is 1. The van der Waals surface area contributed by atoms with Crippen LogP contribution in [0.4, 0.5) is 23.1 Å². The molecule has 0 atom stereocenters. The Labute approximate surface area is 161 Å². The highest BCUT2D eigenvalue weighted by Gasteiger charge is 2.10. The van der Waals surface area contributed by atoms with Crippen LogP contribution in [0.15, 0.2) is 71.3 Å². The molecule has 7 nitrogen and oxygen atoms in total. The number of benzene rings is 2. The Morgan fingerprint density at radius 3 is 2.29 bits per heavy atom. The van der Waals surface area contributed by atoms with Gasteiger partial charge in [-0.1, -0.05) is 47.6 Å². The smallest absolute Gasteiger partial charge is 0.175 e. The lowest BCUT2D eigenvalue weighted by molar-refractivity contribution is 0.400. The largest absolute Gasteiger partial charge is 0.360 e. The molecule has 0 saturated heterocycles. The molecule has 7 heteroatoms. The molecule has 2 heterocycles. The Kier molecular flexibility index (Phi) is 4.68. The number of para-hydroxylation sites is 1. The number of hydrogen-bond donors (Lipinski definition) is 2. The second kappa shape index (κ2) is 7.60. The number of anilines is 4. The van der Waals surface area contributed by atoms with E-state index in [1.165, 1.54) is 0 Å². The molecule has 0 spiro atoms. The average molecular weight is 368 g/mol. The summed E-state index contributed by atoms with van der Waals surface area (Å²) < 4.78 is 5.10. The van der Waals surface area contributed by atoms with Crippen molar-refractivity contribution in [1.29, 1.82) is 5.26 Å². The molecule has 0 aliphatic rings. The third-order valence-corrected chi connectivity index (χ3v) is 3.95. The van der Waals surface area contributed by atoms with E-state index < -0.39 is 0 Å². The Morgan fingerprint density at radius 1 is 0.857 bits per heavy atom. The topological polar surface area (TPSA) is 99.7 Å². The van der Waals surface area contributed by atoms with Gasteiger partial charge in [0.25, 0.3) is 0 Å². The van der Waals surface area contributed by atoms with Gasteiger partial charge in [-0.15, -0.1) is 0 Å². The van der Waals surface area contributed by atoms with E-state index in [1.807, 2.05) is 55.5 Å². The summed E-state index contributed by atoms with van der Waals surface area (Å²) in [6.45, 7) is 1.82. The van der Waals surface area contributed by atoms with Crippen LogP contribution in [-0.4, -0.2) is 15.1 Å². The van der Waals surface area contributed by atoms with Gasteiger partial charge in [0.1, 0.15) is 23.5 Å². The number of rotatable bonds is 5. The molecule has 0 bridgehead atoms.